The molecule has 84 valence electrons. The van der Waals surface area contributed by atoms with Crippen LogP contribution in [0.2, 0.25) is 0 Å². The Labute approximate surface area is 93.6 Å². The van der Waals surface area contributed by atoms with Gasteiger partial charge in [-0.15, -0.1) is 11.6 Å². The zero-order valence-corrected chi connectivity index (χ0v) is 9.67. The molecule has 0 radical (unpaired) electrons. The summed E-state index contributed by atoms with van der Waals surface area (Å²) in [6.45, 7) is 2.05. The lowest BCUT2D eigenvalue weighted by atomic mass is 10.2. The normalized spacial score (nSPS) is 12.7. The van der Waals surface area contributed by atoms with E-state index in [4.69, 9.17) is 16.3 Å². The molecule has 1 heterocycles. The van der Waals surface area contributed by atoms with Gasteiger partial charge in [-0.3, -0.25) is 4.79 Å². The number of halogens is 1. The van der Waals surface area contributed by atoms with E-state index in [1.54, 1.807) is 7.11 Å². The summed E-state index contributed by atoms with van der Waals surface area (Å²) < 4.78 is 5.26. The number of rotatable bonds is 5. The first-order valence-electron chi connectivity index (χ1n) is 4.90. The lowest BCUT2D eigenvalue weighted by Gasteiger charge is -2.13. The van der Waals surface area contributed by atoms with Crippen LogP contribution in [0, 0.1) is 0 Å². The number of aromatic nitrogens is 2. The molecule has 0 saturated heterocycles. The summed E-state index contributed by atoms with van der Waals surface area (Å²) in [6.07, 6.45) is 1.63. The molecule has 0 amide bonds. The number of aromatic amines is 1. The summed E-state index contributed by atoms with van der Waals surface area (Å²) in [7, 11) is 1.60. The van der Waals surface area contributed by atoms with Gasteiger partial charge in [0.15, 0.2) is 0 Å². The fourth-order valence-corrected chi connectivity index (χ4v) is 1.51. The van der Waals surface area contributed by atoms with E-state index >= 15 is 0 Å². The van der Waals surface area contributed by atoms with Crippen molar-refractivity contribution in [2.24, 2.45) is 0 Å². The number of hydrogen-bond donors (Lipinski definition) is 1. The first-order valence-corrected chi connectivity index (χ1v) is 5.43. The zero-order valence-electron chi connectivity index (χ0n) is 8.92. The van der Waals surface area contributed by atoms with Crippen molar-refractivity contribution in [1.82, 2.24) is 9.97 Å². The van der Waals surface area contributed by atoms with E-state index in [2.05, 4.69) is 16.9 Å². The van der Waals surface area contributed by atoms with Crippen LogP contribution in [0.5, 0.6) is 0 Å². The van der Waals surface area contributed by atoms with E-state index in [0.29, 0.717) is 11.5 Å². The molecule has 0 fully saturated rings. The first kappa shape index (κ1) is 12.2. The molecular weight excluding hydrogens is 216 g/mol. The highest BCUT2D eigenvalue weighted by molar-refractivity contribution is 6.16. The number of ether oxygens (including phenoxy) is 1. The predicted molar refractivity (Wildman–Crippen MR) is 59.1 cm³/mol. The predicted octanol–water partition coefficient (Wildman–Crippen LogP) is 2.00. The number of H-pyrrole nitrogens is 1. The molecule has 1 unspecified atom stereocenters. The van der Waals surface area contributed by atoms with Gasteiger partial charge in [-0.2, -0.15) is 0 Å². The summed E-state index contributed by atoms with van der Waals surface area (Å²) in [5, 5.41) is 0. The van der Waals surface area contributed by atoms with E-state index in [0.717, 1.165) is 12.8 Å². The topological polar surface area (TPSA) is 55.0 Å². The summed E-state index contributed by atoms with van der Waals surface area (Å²) >= 11 is 5.64. The maximum atomic E-state index is 11.3. The number of hydrogen-bond acceptors (Lipinski definition) is 3. The molecule has 5 heteroatoms. The van der Waals surface area contributed by atoms with Gasteiger partial charge in [-0.05, 0) is 6.42 Å². The molecule has 0 aromatic carbocycles. The Morgan fingerprint density at radius 3 is 2.93 bits per heavy atom. The van der Waals surface area contributed by atoms with Crippen molar-refractivity contribution in [3.8, 4) is 0 Å². The van der Waals surface area contributed by atoms with Gasteiger partial charge in [0.25, 0.3) is 5.56 Å². The molecule has 15 heavy (non-hydrogen) atoms. The van der Waals surface area contributed by atoms with Crippen LogP contribution in [-0.2, 0) is 10.6 Å². The van der Waals surface area contributed by atoms with E-state index in [1.807, 2.05) is 0 Å². The fourth-order valence-electron chi connectivity index (χ4n) is 1.38. The van der Waals surface area contributed by atoms with Crippen molar-refractivity contribution in [2.45, 2.75) is 31.7 Å². The lowest BCUT2D eigenvalue weighted by Crippen LogP contribution is -2.16. The number of methoxy groups -OCH3 is 1. The molecule has 1 rings (SSSR count). The second-order valence-electron chi connectivity index (χ2n) is 3.27. The average Bonchev–Trinajstić information content (AvgIpc) is 2.24. The number of nitrogens with one attached hydrogen (secondary N) is 1. The lowest BCUT2D eigenvalue weighted by molar-refractivity contribution is 0.0872. The van der Waals surface area contributed by atoms with Crippen LogP contribution in [0.1, 0.15) is 37.4 Å². The van der Waals surface area contributed by atoms with Gasteiger partial charge in [0.2, 0.25) is 0 Å². The van der Waals surface area contributed by atoms with Crippen LogP contribution < -0.4 is 5.56 Å². The molecule has 0 saturated carbocycles. The quantitative estimate of drug-likeness (QED) is 0.788. The zero-order chi connectivity index (χ0) is 11.3. The van der Waals surface area contributed by atoms with Crippen LogP contribution in [0.25, 0.3) is 0 Å². The van der Waals surface area contributed by atoms with Crippen LogP contribution in [0.15, 0.2) is 10.9 Å². The molecule has 0 aliphatic heterocycles. The Kier molecular flexibility index (Phi) is 4.78. The van der Waals surface area contributed by atoms with E-state index in [1.165, 1.54) is 6.07 Å². The smallest absolute Gasteiger partial charge is 0.251 e. The van der Waals surface area contributed by atoms with Gasteiger partial charge < -0.3 is 9.72 Å². The van der Waals surface area contributed by atoms with Gasteiger partial charge in [-0.1, -0.05) is 13.3 Å². The minimum absolute atomic E-state index is 0.161. The molecule has 0 spiro atoms. The SMILES string of the molecule is CCCC(OC)c1nc(CCl)cc(=O)[nH]1. The molecular formula is C10H15ClN2O2. The highest BCUT2D eigenvalue weighted by Crippen LogP contribution is 2.17. The van der Waals surface area contributed by atoms with Crippen molar-refractivity contribution in [1.29, 1.82) is 0 Å². The summed E-state index contributed by atoms with van der Waals surface area (Å²) in [4.78, 5) is 18.2. The van der Waals surface area contributed by atoms with Crippen molar-refractivity contribution >= 4 is 11.6 Å². The molecule has 0 aliphatic rings. The van der Waals surface area contributed by atoms with Gasteiger partial charge in [-0.25, -0.2) is 4.98 Å². The van der Waals surface area contributed by atoms with Gasteiger partial charge in [0.05, 0.1) is 11.6 Å². The third kappa shape index (κ3) is 3.32. The Bertz CT molecular complexity index is 365. The van der Waals surface area contributed by atoms with Crippen molar-refractivity contribution in [3.05, 3.63) is 27.9 Å². The molecule has 4 nitrogen and oxygen atoms in total. The van der Waals surface area contributed by atoms with E-state index in [-0.39, 0.29) is 17.5 Å². The highest BCUT2D eigenvalue weighted by Gasteiger charge is 2.12. The summed E-state index contributed by atoms with van der Waals surface area (Å²) in [5.41, 5.74) is 0.391. The minimum Gasteiger partial charge on any atom is -0.374 e. The van der Waals surface area contributed by atoms with Gasteiger partial charge >= 0.3 is 0 Å². The highest BCUT2D eigenvalue weighted by atomic mass is 35.5. The van der Waals surface area contributed by atoms with Crippen molar-refractivity contribution in [2.75, 3.05) is 7.11 Å². The van der Waals surface area contributed by atoms with Gasteiger partial charge in [0.1, 0.15) is 11.9 Å². The first-order chi connectivity index (χ1) is 7.21. The van der Waals surface area contributed by atoms with Crippen LogP contribution in [0.3, 0.4) is 0 Å². The molecule has 1 atom stereocenters. The minimum atomic E-state index is -0.186. The molecule has 0 aliphatic carbocycles. The van der Waals surface area contributed by atoms with Gasteiger partial charge in [0, 0.05) is 13.2 Å². The second kappa shape index (κ2) is 5.88. The monoisotopic (exact) mass is 230 g/mol. The molecule has 1 aromatic rings. The Hall–Kier alpha value is -0.870. The maximum Gasteiger partial charge on any atom is 0.251 e. The summed E-state index contributed by atoms with van der Waals surface area (Å²) in [6, 6.07) is 1.40. The van der Waals surface area contributed by atoms with Crippen LogP contribution in [-0.4, -0.2) is 17.1 Å². The Balaban J connectivity index is 3.00. The number of alkyl halides is 1. The molecule has 1 N–H and O–H groups in total. The third-order valence-electron chi connectivity index (χ3n) is 2.09. The number of nitrogens with zero attached hydrogens (tertiary/aromatic N) is 1. The molecule has 0 bridgehead atoms. The summed E-state index contributed by atoms with van der Waals surface area (Å²) in [5.74, 6) is 0.793. The Morgan fingerprint density at radius 2 is 2.40 bits per heavy atom. The van der Waals surface area contributed by atoms with E-state index < -0.39 is 0 Å². The van der Waals surface area contributed by atoms with E-state index in [9.17, 15) is 4.79 Å². The van der Waals surface area contributed by atoms with Crippen LogP contribution in [0.4, 0.5) is 0 Å². The fraction of sp³-hybridized carbons (Fsp3) is 0.600. The standard InChI is InChI=1S/C10H15ClN2O2/c1-3-4-8(15-2)10-12-7(6-11)5-9(14)13-10/h5,8H,3-4,6H2,1-2H3,(H,12,13,14). The average molecular weight is 231 g/mol. The van der Waals surface area contributed by atoms with Crippen molar-refractivity contribution in [3.63, 3.8) is 0 Å². The van der Waals surface area contributed by atoms with Crippen LogP contribution >= 0.6 is 11.6 Å². The third-order valence-corrected chi connectivity index (χ3v) is 2.36. The Morgan fingerprint density at radius 1 is 1.67 bits per heavy atom. The molecule has 1 aromatic heterocycles. The van der Waals surface area contributed by atoms with Crippen molar-refractivity contribution < 1.29 is 4.74 Å². The maximum absolute atomic E-state index is 11.3. The second-order valence-corrected chi connectivity index (χ2v) is 3.54. The largest absolute Gasteiger partial charge is 0.374 e.